The molecule has 1 aliphatic rings. The standard InChI is InChI=1S/C16H14N2S/c1-2-6-12-10-13(9-11(12)5-1)17-16-18-14-7-3-4-8-15(14)19-16/h1-8,13H,9-10H2,(H,17,18). The summed E-state index contributed by atoms with van der Waals surface area (Å²) >= 11 is 1.74. The van der Waals surface area contributed by atoms with E-state index in [0.717, 1.165) is 23.5 Å². The van der Waals surface area contributed by atoms with Gasteiger partial charge in [0, 0.05) is 6.04 Å². The molecule has 0 bridgehead atoms. The molecule has 0 unspecified atom stereocenters. The van der Waals surface area contributed by atoms with Gasteiger partial charge in [0.1, 0.15) is 0 Å². The number of benzene rings is 2. The van der Waals surface area contributed by atoms with Crippen LogP contribution in [-0.4, -0.2) is 11.0 Å². The fraction of sp³-hybridized carbons (Fsp3) is 0.188. The molecule has 1 N–H and O–H groups in total. The highest BCUT2D eigenvalue weighted by Crippen LogP contribution is 2.29. The van der Waals surface area contributed by atoms with E-state index in [1.807, 2.05) is 6.07 Å². The molecule has 1 heterocycles. The van der Waals surface area contributed by atoms with Crippen LogP contribution in [0.3, 0.4) is 0 Å². The van der Waals surface area contributed by atoms with E-state index in [4.69, 9.17) is 0 Å². The van der Waals surface area contributed by atoms with Crippen molar-refractivity contribution in [3.8, 4) is 0 Å². The Balaban J connectivity index is 1.57. The van der Waals surface area contributed by atoms with Crippen molar-refractivity contribution in [2.75, 3.05) is 5.32 Å². The van der Waals surface area contributed by atoms with Crippen LogP contribution in [0, 0.1) is 0 Å². The number of nitrogens with one attached hydrogen (secondary N) is 1. The van der Waals surface area contributed by atoms with Crippen molar-refractivity contribution in [2.24, 2.45) is 0 Å². The van der Waals surface area contributed by atoms with Crippen LogP contribution < -0.4 is 5.32 Å². The molecule has 19 heavy (non-hydrogen) atoms. The van der Waals surface area contributed by atoms with E-state index in [1.165, 1.54) is 15.8 Å². The third kappa shape index (κ3) is 2.00. The normalized spacial score (nSPS) is 14.7. The fourth-order valence-corrected chi connectivity index (χ4v) is 3.71. The van der Waals surface area contributed by atoms with E-state index < -0.39 is 0 Å². The maximum absolute atomic E-state index is 4.65. The van der Waals surface area contributed by atoms with Gasteiger partial charge in [-0.25, -0.2) is 4.98 Å². The highest BCUT2D eigenvalue weighted by Gasteiger charge is 2.21. The molecule has 94 valence electrons. The third-order valence-electron chi connectivity index (χ3n) is 3.67. The molecule has 0 radical (unpaired) electrons. The van der Waals surface area contributed by atoms with Crippen molar-refractivity contribution in [1.82, 2.24) is 4.98 Å². The average Bonchev–Trinajstić information content (AvgIpc) is 3.00. The number of fused-ring (bicyclic) bond motifs is 2. The van der Waals surface area contributed by atoms with Crippen molar-refractivity contribution in [2.45, 2.75) is 18.9 Å². The van der Waals surface area contributed by atoms with Gasteiger partial charge in [-0.05, 0) is 36.1 Å². The van der Waals surface area contributed by atoms with E-state index in [2.05, 4.69) is 52.8 Å². The summed E-state index contributed by atoms with van der Waals surface area (Å²) in [6.07, 6.45) is 2.21. The van der Waals surface area contributed by atoms with E-state index in [-0.39, 0.29) is 0 Å². The van der Waals surface area contributed by atoms with Crippen molar-refractivity contribution >= 4 is 26.7 Å². The molecule has 4 rings (SSSR count). The summed E-state index contributed by atoms with van der Waals surface area (Å²) in [5.41, 5.74) is 4.03. The molecular weight excluding hydrogens is 252 g/mol. The largest absolute Gasteiger partial charge is 0.358 e. The molecule has 0 saturated carbocycles. The second-order valence-electron chi connectivity index (χ2n) is 5.00. The van der Waals surface area contributed by atoms with Crippen LogP contribution in [0.25, 0.3) is 10.2 Å². The number of rotatable bonds is 2. The van der Waals surface area contributed by atoms with Crippen molar-refractivity contribution in [1.29, 1.82) is 0 Å². The molecule has 2 aromatic carbocycles. The molecular formula is C16H14N2S. The van der Waals surface area contributed by atoms with Crippen molar-refractivity contribution in [3.05, 3.63) is 59.7 Å². The smallest absolute Gasteiger partial charge is 0.184 e. The van der Waals surface area contributed by atoms with Crippen molar-refractivity contribution in [3.63, 3.8) is 0 Å². The van der Waals surface area contributed by atoms with Gasteiger partial charge in [0.15, 0.2) is 5.13 Å². The zero-order valence-electron chi connectivity index (χ0n) is 10.5. The number of aromatic nitrogens is 1. The summed E-state index contributed by atoms with van der Waals surface area (Å²) in [4.78, 5) is 4.65. The Morgan fingerprint density at radius 2 is 1.63 bits per heavy atom. The lowest BCUT2D eigenvalue weighted by atomic mass is 10.1. The first-order chi connectivity index (χ1) is 9.38. The minimum atomic E-state index is 0.484. The summed E-state index contributed by atoms with van der Waals surface area (Å²) in [6, 6.07) is 17.5. The van der Waals surface area contributed by atoms with Gasteiger partial charge in [-0.15, -0.1) is 0 Å². The van der Waals surface area contributed by atoms with Gasteiger partial charge in [0.05, 0.1) is 10.2 Å². The quantitative estimate of drug-likeness (QED) is 0.761. The lowest BCUT2D eigenvalue weighted by Gasteiger charge is -2.09. The predicted molar refractivity (Wildman–Crippen MR) is 80.9 cm³/mol. The summed E-state index contributed by atoms with van der Waals surface area (Å²) in [7, 11) is 0. The van der Waals surface area contributed by atoms with Gasteiger partial charge in [-0.3, -0.25) is 0 Å². The molecule has 3 aromatic rings. The number of para-hydroxylation sites is 1. The van der Waals surface area contributed by atoms with Crippen LogP contribution >= 0.6 is 11.3 Å². The fourth-order valence-electron chi connectivity index (χ4n) is 2.77. The Hall–Kier alpha value is -1.87. The van der Waals surface area contributed by atoms with E-state index >= 15 is 0 Å². The summed E-state index contributed by atoms with van der Waals surface area (Å²) < 4.78 is 1.25. The minimum absolute atomic E-state index is 0.484. The maximum Gasteiger partial charge on any atom is 0.184 e. The van der Waals surface area contributed by atoms with Gasteiger partial charge >= 0.3 is 0 Å². The predicted octanol–water partition coefficient (Wildman–Crippen LogP) is 3.88. The summed E-state index contributed by atoms with van der Waals surface area (Å²) in [6.45, 7) is 0. The Bertz CT molecular complexity index is 674. The van der Waals surface area contributed by atoms with Crippen molar-refractivity contribution < 1.29 is 0 Å². The van der Waals surface area contributed by atoms with Crippen LogP contribution in [-0.2, 0) is 12.8 Å². The lowest BCUT2D eigenvalue weighted by molar-refractivity contribution is 0.773. The van der Waals surface area contributed by atoms with Crippen LogP contribution in [0.5, 0.6) is 0 Å². The van der Waals surface area contributed by atoms with Gasteiger partial charge in [-0.2, -0.15) is 0 Å². The number of anilines is 1. The van der Waals surface area contributed by atoms with Gasteiger partial charge < -0.3 is 5.32 Å². The number of thiazole rings is 1. The monoisotopic (exact) mass is 266 g/mol. The lowest BCUT2D eigenvalue weighted by Crippen LogP contribution is -2.19. The highest BCUT2D eigenvalue weighted by molar-refractivity contribution is 7.22. The average molecular weight is 266 g/mol. The molecule has 1 aliphatic carbocycles. The van der Waals surface area contributed by atoms with Gasteiger partial charge in [0.2, 0.25) is 0 Å². The molecule has 0 atom stereocenters. The molecule has 3 heteroatoms. The Morgan fingerprint density at radius 1 is 0.947 bits per heavy atom. The first kappa shape index (κ1) is 11.0. The number of hydrogen-bond acceptors (Lipinski definition) is 3. The SMILES string of the molecule is c1ccc2c(c1)CC(Nc1nc3ccccc3s1)C2. The summed E-state index contributed by atoms with van der Waals surface area (Å²) in [5.74, 6) is 0. The Morgan fingerprint density at radius 3 is 2.37 bits per heavy atom. The maximum atomic E-state index is 4.65. The van der Waals surface area contributed by atoms with Crippen LogP contribution in [0.2, 0.25) is 0 Å². The van der Waals surface area contributed by atoms with Crippen LogP contribution in [0.15, 0.2) is 48.5 Å². The molecule has 2 nitrogen and oxygen atoms in total. The summed E-state index contributed by atoms with van der Waals surface area (Å²) in [5, 5.41) is 4.63. The topological polar surface area (TPSA) is 24.9 Å². The molecule has 0 saturated heterocycles. The van der Waals surface area contributed by atoms with Crippen LogP contribution in [0.4, 0.5) is 5.13 Å². The third-order valence-corrected chi connectivity index (χ3v) is 4.64. The zero-order valence-corrected chi connectivity index (χ0v) is 11.3. The second kappa shape index (κ2) is 4.35. The molecule has 0 aliphatic heterocycles. The second-order valence-corrected chi connectivity index (χ2v) is 6.04. The molecule has 0 fully saturated rings. The first-order valence-electron chi connectivity index (χ1n) is 6.57. The minimum Gasteiger partial charge on any atom is -0.358 e. The van der Waals surface area contributed by atoms with E-state index in [0.29, 0.717) is 6.04 Å². The number of nitrogens with zero attached hydrogens (tertiary/aromatic N) is 1. The van der Waals surface area contributed by atoms with Gasteiger partial charge in [-0.1, -0.05) is 47.7 Å². The first-order valence-corrected chi connectivity index (χ1v) is 7.39. The molecule has 0 spiro atoms. The molecule has 1 aromatic heterocycles. The van der Waals surface area contributed by atoms with E-state index in [9.17, 15) is 0 Å². The Labute approximate surface area is 116 Å². The van der Waals surface area contributed by atoms with Gasteiger partial charge in [0.25, 0.3) is 0 Å². The van der Waals surface area contributed by atoms with Crippen LogP contribution in [0.1, 0.15) is 11.1 Å². The zero-order chi connectivity index (χ0) is 12.7. The molecule has 0 amide bonds. The Kier molecular flexibility index (Phi) is 2.52. The van der Waals surface area contributed by atoms with E-state index in [1.54, 1.807) is 11.3 Å². The number of hydrogen-bond donors (Lipinski definition) is 1. The highest BCUT2D eigenvalue weighted by atomic mass is 32.1.